The van der Waals surface area contributed by atoms with Gasteiger partial charge in [-0.2, -0.15) is 0 Å². The minimum atomic E-state index is 0.520. The standard InChI is InChI=1S/C16H8N10/c1-2-9-14(17-3-1)23-10-4-18-16-19-5-12(26(16)15(10)24-9)25-6-11-13(22-8-25)21-7-20-11/h1-8H. The van der Waals surface area contributed by atoms with Crippen LogP contribution in [0, 0.1) is 0 Å². The van der Waals surface area contributed by atoms with Gasteiger partial charge < -0.3 is 0 Å². The van der Waals surface area contributed by atoms with Gasteiger partial charge in [0, 0.05) is 12.4 Å². The van der Waals surface area contributed by atoms with E-state index < -0.39 is 0 Å². The van der Waals surface area contributed by atoms with Gasteiger partial charge in [0.1, 0.15) is 35.2 Å². The summed E-state index contributed by atoms with van der Waals surface area (Å²) in [7, 11) is 0. The second kappa shape index (κ2) is 4.72. The third-order valence-electron chi connectivity index (χ3n) is 4.12. The maximum Gasteiger partial charge on any atom is 0.237 e. The van der Waals surface area contributed by atoms with Crippen molar-refractivity contribution in [3.63, 3.8) is 0 Å². The monoisotopic (exact) mass is 340 g/mol. The highest BCUT2D eigenvalue weighted by molar-refractivity contribution is 5.83. The van der Waals surface area contributed by atoms with Crippen LogP contribution >= 0.6 is 0 Å². The van der Waals surface area contributed by atoms with Gasteiger partial charge in [-0.1, -0.05) is 0 Å². The summed E-state index contributed by atoms with van der Waals surface area (Å²) in [6.45, 7) is 0. The molecule has 0 unspecified atom stereocenters. The van der Waals surface area contributed by atoms with Gasteiger partial charge in [0.25, 0.3) is 0 Å². The summed E-state index contributed by atoms with van der Waals surface area (Å²) in [6.07, 6.45) is 10.0. The quantitative estimate of drug-likeness (QED) is 0.412. The van der Waals surface area contributed by atoms with E-state index in [1.807, 2.05) is 27.3 Å². The highest BCUT2D eigenvalue weighted by atomic mass is 15.2. The molecule has 0 spiro atoms. The highest BCUT2D eigenvalue weighted by Gasteiger charge is 2.15. The van der Waals surface area contributed by atoms with E-state index in [2.05, 4.69) is 34.9 Å². The molecule has 2 aliphatic heterocycles. The zero-order valence-electron chi connectivity index (χ0n) is 13.1. The molecule has 0 aromatic carbocycles. The minimum Gasteiger partial charge on any atom is -0.289 e. The Morgan fingerprint density at radius 2 is 1.81 bits per heavy atom. The summed E-state index contributed by atoms with van der Waals surface area (Å²) >= 11 is 0. The Kier molecular flexibility index (Phi) is 2.41. The van der Waals surface area contributed by atoms with Crippen LogP contribution in [0.4, 0.5) is 0 Å². The van der Waals surface area contributed by atoms with Crippen molar-refractivity contribution in [2.45, 2.75) is 0 Å². The summed E-state index contributed by atoms with van der Waals surface area (Å²) in [5, 5.41) is 0. The molecule has 10 heteroatoms. The second-order valence-corrected chi connectivity index (χ2v) is 5.65. The second-order valence-electron chi connectivity index (χ2n) is 5.65. The SMILES string of the molecule is c1cnc2nc3cnc4ncc(-n5cnc6ncnc-6c5)n4c3nc2c1. The molecule has 4 aromatic rings. The number of rotatable bonds is 1. The number of pyridine rings is 1. The van der Waals surface area contributed by atoms with Gasteiger partial charge in [-0.3, -0.25) is 4.57 Å². The Bertz CT molecular complexity index is 1400. The Balaban J connectivity index is 1.72. The molecule has 0 aliphatic carbocycles. The van der Waals surface area contributed by atoms with E-state index in [0.29, 0.717) is 39.6 Å². The Morgan fingerprint density at radius 3 is 2.81 bits per heavy atom. The topological polar surface area (TPSA) is 112 Å². The predicted octanol–water partition coefficient (Wildman–Crippen LogP) is 1.30. The van der Waals surface area contributed by atoms with Crippen LogP contribution in [0.2, 0.25) is 0 Å². The van der Waals surface area contributed by atoms with Crippen molar-refractivity contribution in [3.8, 4) is 17.3 Å². The Morgan fingerprint density at radius 1 is 0.846 bits per heavy atom. The summed E-state index contributed by atoms with van der Waals surface area (Å²) in [6, 6.07) is 3.70. The van der Waals surface area contributed by atoms with E-state index >= 15 is 0 Å². The number of nitrogens with zero attached hydrogens (tertiary/aromatic N) is 10. The normalized spacial score (nSPS) is 11.8. The van der Waals surface area contributed by atoms with E-state index in [9.17, 15) is 0 Å². The third kappa shape index (κ3) is 1.75. The Labute approximate surface area is 144 Å². The molecule has 0 atom stereocenters. The first-order valence-corrected chi connectivity index (χ1v) is 7.77. The number of aromatic nitrogens is 10. The molecular formula is C16H8N10. The molecule has 6 heterocycles. The van der Waals surface area contributed by atoms with Crippen LogP contribution in [0.15, 0.2) is 49.6 Å². The van der Waals surface area contributed by atoms with Crippen LogP contribution < -0.4 is 0 Å². The number of fused-ring (bicyclic) bond motifs is 5. The van der Waals surface area contributed by atoms with Crippen molar-refractivity contribution >= 4 is 28.1 Å². The van der Waals surface area contributed by atoms with Crippen LogP contribution in [0.5, 0.6) is 0 Å². The van der Waals surface area contributed by atoms with Gasteiger partial charge in [-0.25, -0.2) is 44.3 Å². The van der Waals surface area contributed by atoms with Crippen LogP contribution in [0.1, 0.15) is 0 Å². The number of imidazole rings is 2. The molecular weight excluding hydrogens is 332 g/mol. The van der Waals surface area contributed by atoms with E-state index in [1.165, 1.54) is 6.33 Å². The maximum atomic E-state index is 4.71. The molecule has 26 heavy (non-hydrogen) atoms. The fraction of sp³-hybridized carbons (Fsp3) is 0. The molecule has 0 N–H and O–H groups in total. The average Bonchev–Trinajstić information content (AvgIpc) is 3.32. The Hall–Kier alpha value is -4.08. The molecule has 10 nitrogen and oxygen atoms in total. The fourth-order valence-corrected chi connectivity index (χ4v) is 2.94. The molecule has 6 rings (SSSR count). The summed E-state index contributed by atoms with van der Waals surface area (Å²) in [5.41, 5.74) is 3.24. The predicted molar refractivity (Wildman–Crippen MR) is 90.7 cm³/mol. The molecule has 0 fully saturated rings. The van der Waals surface area contributed by atoms with Gasteiger partial charge in [0.15, 0.2) is 17.1 Å². The van der Waals surface area contributed by atoms with Crippen molar-refractivity contribution in [1.29, 1.82) is 0 Å². The summed E-state index contributed by atoms with van der Waals surface area (Å²) in [5.74, 6) is 1.84. The van der Waals surface area contributed by atoms with Crippen molar-refractivity contribution in [1.82, 2.24) is 48.8 Å². The molecule has 0 radical (unpaired) electrons. The molecule has 0 amide bonds. The molecule has 0 saturated carbocycles. The van der Waals surface area contributed by atoms with Crippen LogP contribution in [0.3, 0.4) is 0 Å². The van der Waals surface area contributed by atoms with Gasteiger partial charge in [0.05, 0.1) is 12.4 Å². The van der Waals surface area contributed by atoms with Crippen molar-refractivity contribution in [3.05, 3.63) is 49.6 Å². The molecule has 0 saturated heterocycles. The lowest BCUT2D eigenvalue weighted by molar-refractivity contribution is 0.916. The summed E-state index contributed by atoms with van der Waals surface area (Å²) in [4.78, 5) is 34.9. The zero-order chi connectivity index (χ0) is 17.1. The van der Waals surface area contributed by atoms with E-state index in [4.69, 9.17) is 4.98 Å². The highest BCUT2D eigenvalue weighted by Crippen LogP contribution is 2.20. The van der Waals surface area contributed by atoms with Crippen LogP contribution in [-0.2, 0) is 0 Å². The molecule has 0 bridgehead atoms. The lowest BCUT2D eigenvalue weighted by atomic mass is 10.4. The van der Waals surface area contributed by atoms with Crippen molar-refractivity contribution < 1.29 is 0 Å². The average molecular weight is 340 g/mol. The molecule has 4 aromatic heterocycles. The van der Waals surface area contributed by atoms with Crippen molar-refractivity contribution in [2.24, 2.45) is 0 Å². The van der Waals surface area contributed by atoms with Gasteiger partial charge in [-0.15, -0.1) is 0 Å². The fourth-order valence-electron chi connectivity index (χ4n) is 2.94. The number of hydrogen-bond donors (Lipinski definition) is 0. The van der Waals surface area contributed by atoms with E-state index in [1.54, 1.807) is 24.9 Å². The summed E-state index contributed by atoms with van der Waals surface area (Å²) < 4.78 is 3.64. The first kappa shape index (κ1) is 13.2. The van der Waals surface area contributed by atoms with Gasteiger partial charge >= 0.3 is 0 Å². The van der Waals surface area contributed by atoms with E-state index in [-0.39, 0.29) is 0 Å². The third-order valence-corrected chi connectivity index (χ3v) is 4.12. The molecule has 2 aliphatic rings. The zero-order valence-corrected chi connectivity index (χ0v) is 13.1. The van der Waals surface area contributed by atoms with E-state index in [0.717, 1.165) is 5.82 Å². The molecule has 122 valence electrons. The van der Waals surface area contributed by atoms with Gasteiger partial charge in [-0.05, 0) is 12.1 Å². The number of hydrogen-bond acceptors (Lipinski definition) is 8. The first-order valence-electron chi connectivity index (χ1n) is 7.77. The minimum absolute atomic E-state index is 0.520. The first-order chi connectivity index (χ1) is 12.9. The van der Waals surface area contributed by atoms with Gasteiger partial charge in [0.2, 0.25) is 5.78 Å². The lowest BCUT2D eigenvalue weighted by Gasteiger charge is -2.08. The lowest BCUT2D eigenvalue weighted by Crippen LogP contribution is -2.05. The van der Waals surface area contributed by atoms with Crippen LogP contribution in [-0.4, -0.2) is 48.8 Å². The van der Waals surface area contributed by atoms with Crippen LogP contribution in [0.25, 0.3) is 45.4 Å². The smallest absolute Gasteiger partial charge is 0.237 e. The largest absolute Gasteiger partial charge is 0.289 e. The maximum absolute atomic E-state index is 4.71. The van der Waals surface area contributed by atoms with Crippen molar-refractivity contribution in [2.75, 3.05) is 0 Å².